The molecule has 1 unspecified atom stereocenters. The lowest BCUT2D eigenvalue weighted by Crippen LogP contribution is -2.23. The molecule has 2 N–H and O–H groups in total. The summed E-state index contributed by atoms with van der Waals surface area (Å²) in [5, 5.41) is -0.803. The summed E-state index contributed by atoms with van der Waals surface area (Å²) < 4.78 is 11.1. The van der Waals surface area contributed by atoms with Gasteiger partial charge in [-0.15, -0.1) is 0 Å². The molecule has 0 fully saturated rings. The van der Waals surface area contributed by atoms with E-state index in [1.54, 1.807) is 6.92 Å². The third kappa shape index (κ3) is 2.89. The van der Waals surface area contributed by atoms with Crippen LogP contribution in [0.4, 0.5) is 0 Å². The third-order valence-corrected chi connectivity index (χ3v) is 4.48. The molecule has 0 saturated carbocycles. The second-order valence-corrected chi connectivity index (χ2v) is 5.67. The molecule has 3 nitrogen and oxygen atoms in total. The van der Waals surface area contributed by atoms with Crippen molar-refractivity contribution < 1.29 is 14.4 Å². The minimum absolute atomic E-state index is 0.539. The first-order valence-corrected chi connectivity index (χ1v) is 6.04. The van der Waals surface area contributed by atoms with E-state index in [0.29, 0.717) is 12.8 Å². The van der Waals surface area contributed by atoms with Crippen LogP contribution in [0.2, 0.25) is 0 Å². The van der Waals surface area contributed by atoms with Gasteiger partial charge in [0.25, 0.3) is 0 Å². The minimum Gasteiger partial charge on any atom is -0.324 e. The standard InChI is InChI=1S/C8H19O3P/c1-4-6-7-8(3,5-2)12(9,10)11/h4-7H2,1-3H3,(H2,9,10,11). The van der Waals surface area contributed by atoms with E-state index in [1.165, 1.54) is 0 Å². The average Bonchev–Trinajstić information content (AvgIpc) is 1.98. The van der Waals surface area contributed by atoms with Crippen molar-refractivity contribution in [1.82, 2.24) is 0 Å². The van der Waals surface area contributed by atoms with Crippen LogP contribution in [0.1, 0.15) is 46.5 Å². The van der Waals surface area contributed by atoms with Crippen molar-refractivity contribution in [3.8, 4) is 0 Å². The minimum atomic E-state index is -3.92. The first-order chi connectivity index (χ1) is 5.37. The van der Waals surface area contributed by atoms with Crippen LogP contribution in [0.25, 0.3) is 0 Å². The quantitative estimate of drug-likeness (QED) is 0.661. The largest absolute Gasteiger partial charge is 0.331 e. The van der Waals surface area contributed by atoms with Gasteiger partial charge < -0.3 is 9.79 Å². The zero-order chi connectivity index (χ0) is 9.83. The molecule has 0 saturated heterocycles. The molecular weight excluding hydrogens is 175 g/mol. The Morgan fingerprint density at radius 2 is 1.83 bits per heavy atom. The Kier molecular flexibility index (Phi) is 4.46. The van der Waals surface area contributed by atoms with Crippen molar-refractivity contribution in [1.29, 1.82) is 0 Å². The first-order valence-electron chi connectivity index (χ1n) is 4.43. The highest BCUT2D eigenvalue weighted by Crippen LogP contribution is 2.54. The maximum absolute atomic E-state index is 11.1. The molecule has 0 rings (SSSR count). The Hall–Kier alpha value is 0.150. The summed E-state index contributed by atoms with van der Waals surface area (Å²) in [4.78, 5) is 18.1. The van der Waals surface area contributed by atoms with Crippen molar-refractivity contribution in [3.63, 3.8) is 0 Å². The van der Waals surface area contributed by atoms with Crippen LogP contribution < -0.4 is 0 Å². The molecule has 74 valence electrons. The molecule has 12 heavy (non-hydrogen) atoms. The highest BCUT2D eigenvalue weighted by atomic mass is 31.2. The summed E-state index contributed by atoms with van der Waals surface area (Å²) in [6.45, 7) is 5.52. The lowest BCUT2D eigenvalue weighted by molar-refractivity contribution is 0.316. The second kappa shape index (κ2) is 4.40. The third-order valence-electron chi connectivity index (χ3n) is 2.53. The first kappa shape index (κ1) is 12.2. The molecule has 1 atom stereocenters. The van der Waals surface area contributed by atoms with E-state index in [9.17, 15) is 4.57 Å². The van der Waals surface area contributed by atoms with Crippen molar-refractivity contribution in [3.05, 3.63) is 0 Å². The van der Waals surface area contributed by atoms with Crippen LogP contribution in [0.3, 0.4) is 0 Å². The molecule has 0 amide bonds. The molecule has 0 heterocycles. The molecule has 0 bridgehead atoms. The molecule has 0 aromatic carbocycles. The van der Waals surface area contributed by atoms with E-state index in [2.05, 4.69) is 0 Å². The van der Waals surface area contributed by atoms with Gasteiger partial charge in [0, 0.05) is 0 Å². The average molecular weight is 194 g/mol. The zero-order valence-electron chi connectivity index (χ0n) is 8.08. The lowest BCUT2D eigenvalue weighted by atomic mass is 10.0. The van der Waals surface area contributed by atoms with E-state index >= 15 is 0 Å². The van der Waals surface area contributed by atoms with Crippen molar-refractivity contribution >= 4 is 7.60 Å². The van der Waals surface area contributed by atoms with Crippen LogP contribution in [0.5, 0.6) is 0 Å². The van der Waals surface area contributed by atoms with Gasteiger partial charge in [-0.25, -0.2) is 0 Å². The van der Waals surface area contributed by atoms with Crippen LogP contribution in [0, 0.1) is 0 Å². The SMILES string of the molecule is CCCCC(C)(CC)P(=O)(O)O. The van der Waals surface area contributed by atoms with Crippen molar-refractivity contribution in [2.75, 3.05) is 0 Å². The summed E-state index contributed by atoms with van der Waals surface area (Å²) in [5.41, 5.74) is 0. The second-order valence-electron chi connectivity index (χ2n) is 3.50. The fourth-order valence-electron chi connectivity index (χ4n) is 1.09. The number of rotatable bonds is 5. The van der Waals surface area contributed by atoms with Crippen molar-refractivity contribution in [2.24, 2.45) is 0 Å². The van der Waals surface area contributed by atoms with E-state index < -0.39 is 12.8 Å². The molecule has 4 heteroatoms. The van der Waals surface area contributed by atoms with Crippen LogP contribution in [-0.4, -0.2) is 14.9 Å². The van der Waals surface area contributed by atoms with Gasteiger partial charge in [0.2, 0.25) is 0 Å². The number of unbranched alkanes of at least 4 members (excludes halogenated alkanes) is 1. The lowest BCUT2D eigenvalue weighted by Gasteiger charge is -2.28. The van der Waals surface area contributed by atoms with Gasteiger partial charge in [-0.3, -0.25) is 4.57 Å². The Bertz CT molecular complexity index is 175. The Labute approximate surface area is 74.3 Å². The molecule has 0 aromatic rings. The highest BCUT2D eigenvalue weighted by Gasteiger charge is 2.39. The molecule has 0 aliphatic carbocycles. The van der Waals surface area contributed by atoms with Gasteiger partial charge >= 0.3 is 7.60 Å². The predicted molar refractivity (Wildman–Crippen MR) is 50.3 cm³/mol. The van der Waals surface area contributed by atoms with Crippen molar-refractivity contribution in [2.45, 2.75) is 51.6 Å². The van der Waals surface area contributed by atoms with Crippen LogP contribution in [0.15, 0.2) is 0 Å². The van der Waals surface area contributed by atoms with Gasteiger partial charge in [-0.1, -0.05) is 26.7 Å². The number of hydrogen-bond acceptors (Lipinski definition) is 1. The van der Waals surface area contributed by atoms with Gasteiger partial charge in [-0.05, 0) is 19.8 Å². The molecular formula is C8H19O3P. The zero-order valence-corrected chi connectivity index (χ0v) is 8.97. The fourth-order valence-corrected chi connectivity index (χ4v) is 1.95. The fraction of sp³-hybridized carbons (Fsp3) is 1.00. The Morgan fingerprint density at radius 3 is 2.08 bits per heavy atom. The van der Waals surface area contributed by atoms with E-state index in [-0.39, 0.29) is 0 Å². The molecule has 0 aliphatic heterocycles. The molecule has 0 spiro atoms. The van der Waals surface area contributed by atoms with E-state index in [0.717, 1.165) is 12.8 Å². The van der Waals surface area contributed by atoms with Gasteiger partial charge in [0.05, 0.1) is 5.16 Å². The summed E-state index contributed by atoms with van der Waals surface area (Å²) in [5.74, 6) is 0. The normalized spacial score (nSPS) is 17.4. The Morgan fingerprint density at radius 1 is 1.33 bits per heavy atom. The van der Waals surface area contributed by atoms with Crippen LogP contribution >= 0.6 is 7.60 Å². The van der Waals surface area contributed by atoms with Gasteiger partial charge in [0.1, 0.15) is 0 Å². The predicted octanol–water partition coefficient (Wildman–Crippen LogP) is 2.52. The Balaban J connectivity index is 4.35. The molecule has 0 aliphatic rings. The monoisotopic (exact) mass is 194 g/mol. The maximum Gasteiger partial charge on any atom is 0.331 e. The van der Waals surface area contributed by atoms with Crippen LogP contribution in [-0.2, 0) is 4.57 Å². The smallest absolute Gasteiger partial charge is 0.324 e. The summed E-state index contributed by atoms with van der Waals surface area (Å²) >= 11 is 0. The molecule has 0 radical (unpaired) electrons. The highest BCUT2D eigenvalue weighted by molar-refractivity contribution is 7.53. The summed E-state index contributed by atoms with van der Waals surface area (Å²) in [7, 11) is -3.92. The molecule has 0 aromatic heterocycles. The summed E-state index contributed by atoms with van der Waals surface area (Å²) in [6, 6.07) is 0. The van der Waals surface area contributed by atoms with E-state index in [4.69, 9.17) is 9.79 Å². The number of hydrogen-bond donors (Lipinski definition) is 2. The maximum atomic E-state index is 11.1. The van der Waals surface area contributed by atoms with Gasteiger partial charge in [-0.2, -0.15) is 0 Å². The van der Waals surface area contributed by atoms with E-state index in [1.807, 2.05) is 13.8 Å². The summed E-state index contributed by atoms with van der Waals surface area (Å²) in [6.07, 6.45) is 3.02. The van der Waals surface area contributed by atoms with Gasteiger partial charge in [0.15, 0.2) is 0 Å². The topological polar surface area (TPSA) is 57.5 Å².